The lowest BCUT2D eigenvalue weighted by Gasteiger charge is -2.10. The second kappa shape index (κ2) is 8.14. The minimum atomic E-state index is -0.456. The van der Waals surface area contributed by atoms with Crippen molar-refractivity contribution in [3.63, 3.8) is 0 Å². The zero-order valence-electron chi connectivity index (χ0n) is 14.9. The Hall–Kier alpha value is -2.99. The maximum atomic E-state index is 12.3. The summed E-state index contributed by atoms with van der Waals surface area (Å²) in [5, 5.41) is 1.25. The van der Waals surface area contributed by atoms with Crippen molar-refractivity contribution < 1.29 is 23.8 Å². The molecule has 0 radical (unpaired) electrons. The van der Waals surface area contributed by atoms with E-state index in [1.807, 2.05) is 18.2 Å². The molecule has 0 fully saturated rings. The van der Waals surface area contributed by atoms with E-state index >= 15 is 0 Å². The van der Waals surface area contributed by atoms with Gasteiger partial charge in [0, 0.05) is 27.7 Å². The number of fused-ring (bicyclic) bond motifs is 1. The molecule has 27 heavy (non-hydrogen) atoms. The number of ether oxygens (including phenoxy) is 3. The zero-order chi connectivity index (χ0) is 19.4. The fraction of sp³-hybridized carbons (Fsp3) is 0.200. The third kappa shape index (κ3) is 4.06. The van der Waals surface area contributed by atoms with E-state index in [0.717, 1.165) is 5.52 Å². The van der Waals surface area contributed by atoms with E-state index in [4.69, 9.17) is 25.8 Å². The standard InChI is InChI=1S/C20H18ClNO5/c1-25-18-8-7-14(21)9-13(18)12-27-19(23)11-22-10-16(20(24)26-2)15-5-3-4-6-17(15)22/h3-10H,11-12H2,1-2H3. The summed E-state index contributed by atoms with van der Waals surface area (Å²) in [6.07, 6.45) is 1.59. The molecule has 0 N–H and O–H groups in total. The molecule has 3 rings (SSSR count). The number of aromatic nitrogens is 1. The first-order valence-corrected chi connectivity index (χ1v) is 8.55. The molecule has 6 nitrogen and oxygen atoms in total. The largest absolute Gasteiger partial charge is 0.496 e. The first-order valence-electron chi connectivity index (χ1n) is 8.17. The lowest BCUT2D eigenvalue weighted by atomic mass is 10.2. The van der Waals surface area contributed by atoms with E-state index in [-0.39, 0.29) is 13.2 Å². The molecule has 0 bridgehead atoms. The van der Waals surface area contributed by atoms with Crippen molar-refractivity contribution in [1.29, 1.82) is 0 Å². The average molecular weight is 388 g/mol. The second-order valence-electron chi connectivity index (χ2n) is 5.80. The zero-order valence-corrected chi connectivity index (χ0v) is 15.7. The van der Waals surface area contributed by atoms with Crippen LogP contribution in [0.5, 0.6) is 5.75 Å². The Balaban J connectivity index is 1.77. The van der Waals surface area contributed by atoms with Crippen LogP contribution < -0.4 is 4.74 Å². The SMILES string of the molecule is COC(=O)c1cn(CC(=O)OCc2cc(Cl)ccc2OC)c2ccccc12. The first-order chi connectivity index (χ1) is 13.0. The van der Waals surface area contributed by atoms with Crippen molar-refractivity contribution in [2.75, 3.05) is 14.2 Å². The summed E-state index contributed by atoms with van der Waals surface area (Å²) in [5.74, 6) is -0.317. The van der Waals surface area contributed by atoms with Gasteiger partial charge in [-0.05, 0) is 24.3 Å². The second-order valence-corrected chi connectivity index (χ2v) is 6.23. The van der Waals surface area contributed by atoms with Gasteiger partial charge >= 0.3 is 11.9 Å². The van der Waals surface area contributed by atoms with E-state index in [1.165, 1.54) is 14.2 Å². The number of hydrogen-bond donors (Lipinski definition) is 0. The van der Waals surface area contributed by atoms with E-state index in [9.17, 15) is 9.59 Å². The average Bonchev–Trinajstić information content (AvgIpc) is 3.04. The van der Waals surface area contributed by atoms with Gasteiger partial charge in [-0.1, -0.05) is 29.8 Å². The molecule has 0 amide bonds. The molecule has 0 atom stereocenters. The fourth-order valence-electron chi connectivity index (χ4n) is 2.85. The van der Waals surface area contributed by atoms with Gasteiger partial charge in [-0.2, -0.15) is 0 Å². The lowest BCUT2D eigenvalue weighted by Crippen LogP contribution is -2.13. The lowest BCUT2D eigenvalue weighted by molar-refractivity contribution is -0.145. The predicted molar refractivity (Wildman–Crippen MR) is 101 cm³/mol. The normalized spacial score (nSPS) is 10.6. The maximum Gasteiger partial charge on any atom is 0.340 e. The van der Waals surface area contributed by atoms with Gasteiger partial charge in [0.2, 0.25) is 0 Å². The van der Waals surface area contributed by atoms with Crippen LogP contribution in [0, 0.1) is 0 Å². The quantitative estimate of drug-likeness (QED) is 0.601. The summed E-state index contributed by atoms with van der Waals surface area (Å²) in [5.41, 5.74) is 1.82. The molecule has 1 aromatic heterocycles. The molecule has 0 unspecified atom stereocenters. The van der Waals surface area contributed by atoms with Crippen LogP contribution in [0.4, 0.5) is 0 Å². The summed E-state index contributed by atoms with van der Waals surface area (Å²) in [7, 11) is 2.86. The van der Waals surface area contributed by atoms with Crippen LogP contribution in [0.15, 0.2) is 48.7 Å². The number of halogens is 1. The Labute approximate surface area is 161 Å². The maximum absolute atomic E-state index is 12.3. The van der Waals surface area contributed by atoms with Crippen molar-refractivity contribution in [3.05, 3.63) is 64.8 Å². The summed E-state index contributed by atoms with van der Waals surface area (Å²) in [4.78, 5) is 24.3. The minimum Gasteiger partial charge on any atom is -0.496 e. The third-order valence-corrected chi connectivity index (χ3v) is 4.36. The molecule has 0 aliphatic rings. The number of hydrogen-bond acceptors (Lipinski definition) is 5. The van der Waals surface area contributed by atoms with Crippen LogP contribution in [-0.4, -0.2) is 30.7 Å². The summed E-state index contributed by atoms with van der Waals surface area (Å²) >= 11 is 5.99. The van der Waals surface area contributed by atoms with Crippen LogP contribution in [0.3, 0.4) is 0 Å². The predicted octanol–water partition coefficient (Wildman–Crippen LogP) is 3.83. The fourth-order valence-corrected chi connectivity index (χ4v) is 3.05. The number of methoxy groups -OCH3 is 2. The molecule has 1 heterocycles. The van der Waals surface area contributed by atoms with Gasteiger partial charge < -0.3 is 18.8 Å². The Morgan fingerprint density at radius 3 is 2.63 bits per heavy atom. The van der Waals surface area contributed by atoms with E-state index in [1.54, 1.807) is 35.0 Å². The number of para-hydroxylation sites is 1. The summed E-state index contributed by atoms with van der Waals surface area (Å²) in [6, 6.07) is 12.4. The van der Waals surface area contributed by atoms with Crippen LogP contribution in [0.1, 0.15) is 15.9 Å². The Kier molecular flexibility index (Phi) is 5.66. The van der Waals surface area contributed by atoms with Crippen LogP contribution in [-0.2, 0) is 27.4 Å². The monoisotopic (exact) mass is 387 g/mol. The van der Waals surface area contributed by atoms with Crippen LogP contribution in [0.2, 0.25) is 5.02 Å². The highest BCUT2D eigenvalue weighted by Crippen LogP contribution is 2.24. The van der Waals surface area contributed by atoms with Crippen molar-refractivity contribution >= 4 is 34.4 Å². The van der Waals surface area contributed by atoms with Gasteiger partial charge in [0.1, 0.15) is 18.9 Å². The van der Waals surface area contributed by atoms with Gasteiger partial charge in [-0.25, -0.2) is 4.79 Å². The first kappa shape index (κ1) is 18.8. The number of esters is 2. The topological polar surface area (TPSA) is 66.8 Å². The molecule has 140 valence electrons. The third-order valence-electron chi connectivity index (χ3n) is 4.12. The van der Waals surface area contributed by atoms with Gasteiger partial charge in [-0.15, -0.1) is 0 Å². The highest BCUT2D eigenvalue weighted by atomic mass is 35.5. The number of benzene rings is 2. The summed E-state index contributed by atoms with van der Waals surface area (Å²) in [6.45, 7) is -0.00792. The minimum absolute atomic E-state index is 0.0334. The van der Waals surface area contributed by atoms with Crippen LogP contribution >= 0.6 is 11.6 Å². The number of carbonyl (C=O) groups is 2. The van der Waals surface area contributed by atoms with Crippen molar-refractivity contribution in [3.8, 4) is 5.75 Å². The van der Waals surface area contributed by atoms with Crippen molar-refractivity contribution in [1.82, 2.24) is 4.57 Å². The van der Waals surface area contributed by atoms with Gasteiger partial charge in [-0.3, -0.25) is 4.79 Å². The van der Waals surface area contributed by atoms with E-state index in [0.29, 0.717) is 27.3 Å². The molecule has 0 aliphatic heterocycles. The Morgan fingerprint density at radius 1 is 1.11 bits per heavy atom. The molecular formula is C20H18ClNO5. The smallest absolute Gasteiger partial charge is 0.340 e. The van der Waals surface area contributed by atoms with E-state index < -0.39 is 11.9 Å². The number of carbonyl (C=O) groups excluding carboxylic acids is 2. The molecule has 3 aromatic rings. The Morgan fingerprint density at radius 2 is 1.89 bits per heavy atom. The molecule has 0 spiro atoms. The Bertz CT molecular complexity index is 995. The molecule has 0 saturated heterocycles. The van der Waals surface area contributed by atoms with Crippen molar-refractivity contribution in [2.45, 2.75) is 13.2 Å². The van der Waals surface area contributed by atoms with Gasteiger partial charge in [0.25, 0.3) is 0 Å². The van der Waals surface area contributed by atoms with Gasteiger partial charge in [0.05, 0.1) is 19.8 Å². The highest BCUT2D eigenvalue weighted by molar-refractivity contribution is 6.30. The number of nitrogens with zero attached hydrogens (tertiary/aromatic N) is 1. The number of rotatable bonds is 6. The van der Waals surface area contributed by atoms with Crippen LogP contribution in [0.25, 0.3) is 10.9 Å². The molecular weight excluding hydrogens is 370 g/mol. The highest BCUT2D eigenvalue weighted by Gasteiger charge is 2.17. The van der Waals surface area contributed by atoms with E-state index in [2.05, 4.69) is 0 Å². The summed E-state index contributed by atoms with van der Waals surface area (Å²) < 4.78 is 17.1. The molecule has 0 aliphatic carbocycles. The molecule has 0 saturated carbocycles. The van der Waals surface area contributed by atoms with Gasteiger partial charge in [0.15, 0.2) is 0 Å². The molecule has 7 heteroatoms. The van der Waals surface area contributed by atoms with Crippen molar-refractivity contribution in [2.24, 2.45) is 0 Å². The molecule has 2 aromatic carbocycles.